The molecule has 0 fully saturated rings. The van der Waals surface area contributed by atoms with Crippen molar-refractivity contribution in [3.05, 3.63) is 53.6 Å². The first-order chi connectivity index (χ1) is 7.65. The Balaban J connectivity index is 2.11. The van der Waals surface area contributed by atoms with E-state index in [0.29, 0.717) is 6.54 Å². The number of nitrogens with zero attached hydrogens (tertiary/aromatic N) is 2. The number of rotatable bonds is 3. The molecule has 0 aliphatic rings. The Kier molecular flexibility index (Phi) is 3.01. The highest BCUT2D eigenvalue weighted by molar-refractivity contribution is 5.17. The molecule has 16 heavy (non-hydrogen) atoms. The zero-order valence-electron chi connectivity index (χ0n) is 9.10. The summed E-state index contributed by atoms with van der Waals surface area (Å²) in [4.78, 5) is 0. The van der Waals surface area contributed by atoms with Crippen LogP contribution in [0.3, 0.4) is 0 Å². The standard InChI is InChI=1S/C12H14FN3/c1-9(14)11-6-15-16(8-11)7-10-2-4-12(13)5-3-10/h2-6,8-9H,7,14H2,1H3/t9-/m1/s1. The second-order valence-electron chi connectivity index (χ2n) is 3.89. The van der Waals surface area contributed by atoms with E-state index in [9.17, 15) is 4.39 Å². The largest absolute Gasteiger partial charge is 0.324 e. The van der Waals surface area contributed by atoms with Gasteiger partial charge in [0.1, 0.15) is 5.82 Å². The topological polar surface area (TPSA) is 43.8 Å². The smallest absolute Gasteiger partial charge is 0.123 e. The maximum absolute atomic E-state index is 12.7. The summed E-state index contributed by atoms with van der Waals surface area (Å²) in [6, 6.07) is 6.39. The van der Waals surface area contributed by atoms with Crippen molar-refractivity contribution in [2.75, 3.05) is 0 Å². The molecule has 1 aromatic carbocycles. The van der Waals surface area contributed by atoms with Crippen molar-refractivity contribution in [2.45, 2.75) is 19.5 Å². The Labute approximate surface area is 93.7 Å². The van der Waals surface area contributed by atoms with Crippen LogP contribution < -0.4 is 5.73 Å². The average molecular weight is 219 g/mol. The van der Waals surface area contributed by atoms with E-state index in [2.05, 4.69) is 5.10 Å². The minimum Gasteiger partial charge on any atom is -0.324 e. The van der Waals surface area contributed by atoms with E-state index in [0.717, 1.165) is 11.1 Å². The van der Waals surface area contributed by atoms with Crippen molar-refractivity contribution in [3.63, 3.8) is 0 Å². The van der Waals surface area contributed by atoms with Crippen LogP contribution in [0.25, 0.3) is 0 Å². The van der Waals surface area contributed by atoms with E-state index in [4.69, 9.17) is 5.73 Å². The molecule has 0 bridgehead atoms. The minimum atomic E-state index is -0.222. The van der Waals surface area contributed by atoms with Gasteiger partial charge in [-0.1, -0.05) is 12.1 Å². The molecule has 0 aliphatic heterocycles. The van der Waals surface area contributed by atoms with Gasteiger partial charge in [0.15, 0.2) is 0 Å². The number of aromatic nitrogens is 2. The van der Waals surface area contributed by atoms with Gasteiger partial charge in [0.2, 0.25) is 0 Å². The Bertz CT molecular complexity index is 459. The average Bonchev–Trinajstić information content (AvgIpc) is 2.70. The van der Waals surface area contributed by atoms with Crippen LogP contribution >= 0.6 is 0 Å². The van der Waals surface area contributed by atoms with Crippen molar-refractivity contribution < 1.29 is 4.39 Å². The molecule has 0 amide bonds. The van der Waals surface area contributed by atoms with Gasteiger partial charge in [0.25, 0.3) is 0 Å². The van der Waals surface area contributed by atoms with Gasteiger partial charge in [0.05, 0.1) is 12.7 Å². The van der Waals surface area contributed by atoms with Crippen LogP contribution in [0.1, 0.15) is 24.1 Å². The quantitative estimate of drug-likeness (QED) is 0.859. The van der Waals surface area contributed by atoms with E-state index in [-0.39, 0.29) is 11.9 Å². The van der Waals surface area contributed by atoms with Crippen LogP contribution in [0.4, 0.5) is 4.39 Å². The summed E-state index contributed by atoms with van der Waals surface area (Å²) >= 11 is 0. The molecule has 0 saturated heterocycles. The molecule has 0 radical (unpaired) electrons. The number of hydrogen-bond donors (Lipinski definition) is 1. The summed E-state index contributed by atoms with van der Waals surface area (Å²) < 4.78 is 14.5. The van der Waals surface area contributed by atoms with Crippen molar-refractivity contribution in [1.82, 2.24) is 9.78 Å². The normalized spacial score (nSPS) is 12.7. The number of benzene rings is 1. The molecular formula is C12H14FN3. The third kappa shape index (κ3) is 2.46. The molecule has 0 saturated carbocycles. The molecule has 2 aromatic rings. The van der Waals surface area contributed by atoms with Gasteiger partial charge < -0.3 is 5.73 Å². The zero-order chi connectivity index (χ0) is 11.5. The number of hydrogen-bond acceptors (Lipinski definition) is 2. The van der Waals surface area contributed by atoms with E-state index in [1.54, 1.807) is 23.0 Å². The molecular weight excluding hydrogens is 205 g/mol. The lowest BCUT2D eigenvalue weighted by Crippen LogP contribution is -2.04. The highest BCUT2D eigenvalue weighted by atomic mass is 19.1. The molecule has 4 heteroatoms. The van der Waals surface area contributed by atoms with Gasteiger partial charge in [-0.05, 0) is 24.6 Å². The first-order valence-electron chi connectivity index (χ1n) is 5.17. The molecule has 0 unspecified atom stereocenters. The second kappa shape index (κ2) is 4.45. The van der Waals surface area contributed by atoms with E-state index >= 15 is 0 Å². The lowest BCUT2D eigenvalue weighted by molar-refractivity contribution is 0.624. The van der Waals surface area contributed by atoms with Gasteiger partial charge in [-0.3, -0.25) is 4.68 Å². The molecule has 1 heterocycles. The highest BCUT2D eigenvalue weighted by Crippen LogP contribution is 2.09. The van der Waals surface area contributed by atoms with Gasteiger partial charge in [0, 0.05) is 17.8 Å². The maximum Gasteiger partial charge on any atom is 0.123 e. The van der Waals surface area contributed by atoms with Crippen molar-refractivity contribution in [3.8, 4) is 0 Å². The number of nitrogens with two attached hydrogens (primary N) is 1. The van der Waals surface area contributed by atoms with Crippen LogP contribution in [0.2, 0.25) is 0 Å². The monoisotopic (exact) mass is 219 g/mol. The SMILES string of the molecule is C[C@@H](N)c1cnn(Cc2ccc(F)cc2)c1. The van der Waals surface area contributed by atoms with Crippen LogP contribution in [-0.2, 0) is 6.54 Å². The Morgan fingerprint density at radius 2 is 2.06 bits per heavy atom. The van der Waals surface area contributed by atoms with Crippen LogP contribution in [0.15, 0.2) is 36.7 Å². The van der Waals surface area contributed by atoms with Crippen LogP contribution in [-0.4, -0.2) is 9.78 Å². The summed E-state index contributed by atoms with van der Waals surface area (Å²) in [6.07, 6.45) is 3.67. The van der Waals surface area contributed by atoms with Gasteiger partial charge in [-0.15, -0.1) is 0 Å². The van der Waals surface area contributed by atoms with E-state index in [1.165, 1.54) is 12.1 Å². The van der Waals surface area contributed by atoms with Gasteiger partial charge >= 0.3 is 0 Å². The van der Waals surface area contributed by atoms with Crippen molar-refractivity contribution in [1.29, 1.82) is 0 Å². The van der Waals surface area contributed by atoms with Crippen molar-refractivity contribution >= 4 is 0 Å². The predicted octanol–water partition coefficient (Wildman–Crippen LogP) is 2.09. The molecule has 0 spiro atoms. The fraction of sp³-hybridized carbons (Fsp3) is 0.250. The lowest BCUT2D eigenvalue weighted by atomic mass is 10.2. The third-order valence-corrected chi connectivity index (χ3v) is 2.44. The predicted molar refractivity (Wildman–Crippen MR) is 60.3 cm³/mol. The highest BCUT2D eigenvalue weighted by Gasteiger charge is 2.03. The molecule has 2 rings (SSSR count). The summed E-state index contributed by atoms with van der Waals surface area (Å²) in [6.45, 7) is 2.55. The second-order valence-corrected chi connectivity index (χ2v) is 3.89. The first kappa shape index (κ1) is 10.8. The fourth-order valence-electron chi connectivity index (χ4n) is 1.48. The summed E-state index contributed by atoms with van der Waals surface area (Å²) in [5.74, 6) is -0.222. The zero-order valence-corrected chi connectivity index (χ0v) is 9.10. The Morgan fingerprint density at radius 1 is 1.38 bits per heavy atom. The van der Waals surface area contributed by atoms with E-state index in [1.807, 2.05) is 13.1 Å². The Hall–Kier alpha value is -1.68. The first-order valence-corrected chi connectivity index (χ1v) is 5.17. The fourth-order valence-corrected chi connectivity index (χ4v) is 1.48. The summed E-state index contributed by atoms with van der Waals surface area (Å²) in [5.41, 5.74) is 7.75. The molecule has 0 aliphatic carbocycles. The third-order valence-electron chi connectivity index (χ3n) is 2.44. The van der Waals surface area contributed by atoms with Crippen LogP contribution in [0, 0.1) is 5.82 Å². The van der Waals surface area contributed by atoms with Gasteiger partial charge in [-0.2, -0.15) is 5.10 Å². The maximum atomic E-state index is 12.7. The van der Waals surface area contributed by atoms with E-state index < -0.39 is 0 Å². The molecule has 1 atom stereocenters. The van der Waals surface area contributed by atoms with Crippen LogP contribution in [0.5, 0.6) is 0 Å². The molecule has 1 aromatic heterocycles. The molecule has 2 N–H and O–H groups in total. The number of halogens is 1. The summed E-state index contributed by atoms with van der Waals surface area (Å²) in [7, 11) is 0. The lowest BCUT2D eigenvalue weighted by Gasteiger charge is -2.02. The Morgan fingerprint density at radius 3 is 2.62 bits per heavy atom. The minimum absolute atomic E-state index is 0.0121. The summed E-state index contributed by atoms with van der Waals surface area (Å²) in [5, 5.41) is 4.20. The van der Waals surface area contributed by atoms with Gasteiger partial charge in [-0.25, -0.2) is 4.39 Å². The molecule has 3 nitrogen and oxygen atoms in total. The van der Waals surface area contributed by atoms with Crippen molar-refractivity contribution in [2.24, 2.45) is 5.73 Å². The molecule has 84 valence electrons.